The van der Waals surface area contributed by atoms with E-state index in [4.69, 9.17) is 21.4 Å². The first-order valence-corrected chi connectivity index (χ1v) is 8.59. The number of hydrogen-bond acceptors (Lipinski definition) is 5. The van der Waals surface area contributed by atoms with Crippen LogP contribution in [0.4, 0.5) is 0 Å². The van der Waals surface area contributed by atoms with Crippen molar-refractivity contribution in [2.24, 2.45) is 0 Å². The number of halogens is 1. The number of hydrogen-bond donors (Lipinski definition) is 1. The molecule has 0 unspecified atom stereocenters. The number of ether oxygens (including phenoxy) is 1. The minimum Gasteiger partial charge on any atom is -0.487 e. The third-order valence-corrected chi connectivity index (χ3v) is 4.14. The summed E-state index contributed by atoms with van der Waals surface area (Å²) in [5.74, 6) is 0.202. The Balaban J connectivity index is 1.64. The Hall–Kier alpha value is -2.96. The SMILES string of the molecule is O=C(Cn1ccc(OCc2ccc(Cl)cn2)cc1=O)c1ccc(CO)cc1. The van der Waals surface area contributed by atoms with Gasteiger partial charge in [-0.05, 0) is 23.8 Å². The summed E-state index contributed by atoms with van der Waals surface area (Å²) < 4.78 is 6.87. The van der Waals surface area contributed by atoms with Crippen molar-refractivity contribution < 1.29 is 14.6 Å². The van der Waals surface area contributed by atoms with Crippen LogP contribution in [0.3, 0.4) is 0 Å². The lowest BCUT2D eigenvalue weighted by Crippen LogP contribution is -2.23. The van der Waals surface area contributed by atoms with Gasteiger partial charge in [-0.25, -0.2) is 0 Å². The van der Waals surface area contributed by atoms with Crippen LogP contribution in [0.25, 0.3) is 0 Å². The first kappa shape index (κ1) is 18.8. The van der Waals surface area contributed by atoms with E-state index >= 15 is 0 Å². The zero-order valence-electron chi connectivity index (χ0n) is 14.3. The van der Waals surface area contributed by atoms with Crippen molar-refractivity contribution in [1.82, 2.24) is 9.55 Å². The van der Waals surface area contributed by atoms with Crippen LogP contribution in [-0.2, 0) is 19.8 Å². The molecule has 0 amide bonds. The number of aliphatic hydroxyl groups is 1. The van der Waals surface area contributed by atoms with Crippen LogP contribution in [0.15, 0.2) is 65.7 Å². The lowest BCUT2D eigenvalue weighted by molar-refractivity contribution is 0.0970. The highest BCUT2D eigenvalue weighted by molar-refractivity contribution is 6.30. The summed E-state index contributed by atoms with van der Waals surface area (Å²) in [6, 6.07) is 13.0. The van der Waals surface area contributed by atoms with Gasteiger partial charge < -0.3 is 14.4 Å². The average Bonchev–Trinajstić information content (AvgIpc) is 2.69. The van der Waals surface area contributed by atoms with E-state index in [0.717, 1.165) is 5.56 Å². The first-order valence-electron chi connectivity index (χ1n) is 8.22. The van der Waals surface area contributed by atoms with Crippen LogP contribution in [-0.4, -0.2) is 20.4 Å². The number of carbonyl (C=O) groups is 1. The molecular weight excluding hydrogens is 368 g/mol. The van der Waals surface area contributed by atoms with E-state index in [-0.39, 0.29) is 31.1 Å². The van der Waals surface area contributed by atoms with Crippen molar-refractivity contribution in [3.63, 3.8) is 0 Å². The van der Waals surface area contributed by atoms with Crippen LogP contribution in [0.5, 0.6) is 5.75 Å². The van der Waals surface area contributed by atoms with Gasteiger partial charge in [0.1, 0.15) is 12.4 Å². The van der Waals surface area contributed by atoms with Crippen molar-refractivity contribution in [2.75, 3.05) is 0 Å². The van der Waals surface area contributed by atoms with Crippen LogP contribution >= 0.6 is 11.6 Å². The minimum absolute atomic E-state index is 0.0731. The third-order valence-electron chi connectivity index (χ3n) is 3.92. The quantitative estimate of drug-likeness (QED) is 0.633. The Morgan fingerprint density at radius 3 is 2.56 bits per heavy atom. The van der Waals surface area contributed by atoms with Gasteiger partial charge in [0.05, 0.1) is 23.9 Å². The van der Waals surface area contributed by atoms with Crippen LogP contribution in [0.2, 0.25) is 5.02 Å². The molecule has 2 aromatic heterocycles. The van der Waals surface area contributed by atoms with Gasteiger partial charge in [0, 0.05) is 24.0 Å². The van der Waals surface area contributed by atoms with Crippen molar-refractivity contribution in [1.29, 1.82) is 0 Å². The maximum absolute atomic E-state index is 12.3. The Bertz CT molecular complexity index is 982. The molecule has 0 bridgehead atoms. The third kappa shape index (κ3) is 5.03. The highest BCUT2D eigenvalue weighted by atomic mass is 35.5. The highest BCUT2D eigenvalue weighted by Gasteiger charge is 2.09. The van der Waals surface area contributed by atoms with E-state index < -0.39 is 0 Å². The molecular formula is C20H17ClN2O4. The lowest BCUT2D eigenvalue weighted by Gasteiger charge is -2.09. The molecule has 3 rings (SSSR count). The Morgan fingerprint density at radius 2 is 1.93 bits per heavy atom. The van der Waals surface area contributed by atoms with Gasteiger partial charge in [0.25, 0.3) is 5.56 Å². The number of benzene rings is 1. The summed E-state index contributed by atoms with van der Waals surface area (Å²) in [5.41, 5.74) is 1.55. The molecule has 0 radical (unpaired) electrons. The van der Waals surface area contributed by atoms with Gasteiger partial charge in [0.15, 0.2) is 5.78 Å². The first-order chi connectivity index (χ1) is 13.0. The predicted octanol–water partition coefficient (Wildman–Crippen LogP) is 2.85. The van der Waals surface area contributed by atoms with Gasteiger partial charge in [-0.2, -0.15) is 0 Å². The molecule has 0 atom stereocenters. The highest BCUT2D eigenvalue weighted by Crippen LogP contribution is 2.11. The normalized spacial score (nSPS) is 10.6. The summed E-state index contributed by atoms with van der Waals surface area (Å²) >= 11 is 5.78. The van der Waals surface area contributed by atoms with Crippen LogP contribution < -0.4 is 10.3 Å². The molecule has 0 spiro atoms. The Labute approximate surface area is 160 Å². The number of ketones is 1. The zero-order valence-corrected chi connectivity index (χ0v) is 15.1. The lowest BCUT2D eigenvalue weighted by atomic mass is 10.1. The van der Waals surface area contributed by atoms with Gasteiger partial charge in [-0.3, -0.25) is 14.6 Å². The fraction of sp³-hybridized carbons (Fsp3) is 0.150. The smallest absolute Gasteiger partial charge is 0.254 e. The molecule has 3 aromatic rings. The van der Waals surface area contributed by atoms with Gasteiger partial charge in [-0.1, -0.05) is 35.9 Å². The summed E-state index contributed by atoms with van der Waals surface area (Å²) in [7, 11) is 0. The minimum atomic E-state index is -0.336. The van der Waals surface area contributed by atoms with Crippen molar-refractivity contribution >= 4 is 17.4 Å². The van der Waals surface area contributed by atoms with Crippen molar-refractivity contribution in [3.05, 3.63) is 93.1 Å². The summed E-state index contributed by atoms with van der Waals surface area (Å²) in [6.45, 7) is 0.0496. The fourth-order valence-corrected chi connectivity index (χ4v) is 2.51. The molecule has 0 aliphatic carbocycles. The van der Waals surface area contributed by atoms with Gasteiger partial charge in [0.2, 0.25) is 0 Å². The number of aromatic nitrogens is 2. The summed E-state index contributed by atoms with van der Waals surface area (Å²) in [6.07, 6.45) is 3.05. The van der Waals surface area contributed by atoms with Crippen molar-refractivity contribution in [3.8, 4) is 5.75 Å². The molecule has 0 aliphatic heterocycles. The van der Waals surface area contributed by atoms with E-state index in [1.54, 1.807) is 42.5 Å². The van der Waals surface area contributed by atoms with Gasteiger partial charge in [-0.15, -0.1) is 0 Å². The molecule has 138 valence electrons. The zero-order chi connectivity index (χ0) is 19.2. The molecule has 1 aromatic carbocycles. The molecule has 7 heteroatoms. The average molecular weight is 385 g/mol. The second-order valence-corrected chi connectivity index (χ2v) is 6.30. The molecule has 0 aliphatic rings. The van der Waals surface area contributed by atoms with E-state index in [0.29, 0.717) is 22.0 Å². The Kier molecular flexibility index (Phi) is 6.01. The number of pyridine rings is 2. The molecule has 27 heavy (non-hydrogen) atoms. The topological polar surface area (TPSA) is 81.4 Å². The maximum Gasteiger partial charge on any atom is 0.254 e. The van der Waals surface area contributed by atoms with Gasteiger partial charge >= 0.3 is 0 Å². The number of Topliss-reactive ketones (excluding diaryl/α,β-unsaturated/α-hetero) is 1. The predicted molar refractivity (Wildman–Crippen MR) is 101 cm³/mol. The molecule has 0 saturated carbocycles. The van der Waals surface area contributed by atoms with Crippen LogP contribution in [0, 0.1) is 0 Å². The molecule has 6 nitrogen and oxygen atoms in total. The standard InChI is InChI=1S/C20H17ClN2O4/c21-16-5-6-17(22-10-16)13-27-18-7-8-23(20(26)9-18)11-19(25)15-3-1-14(12-24)2-4-15/h1-10,24H,11-13H2. The van der Waals surface area contributed by atoms with E-state index in [2.05, 4.69) is 4.98 Å². The maximum atomic E-state index is 12.3. The molecule has 1 N–H and O–H groups in total. The number of carbonyl (C=O) groups excluding carboxylic acids is 1. The summed E-state index contributed by atoms with van der Waals surface area (Å²) in [4.78, 5) is 28.7. The number of aliphatic hydroxyl groups excluding tert-OH is 1. The van der Waals surface area contributed by atoms with E-state index in [9.17, 15) is 9.59 Å². The van der Waals surface area contributed by atoms with Crippen molar-refractivity contribution in [2.45, 2.75) is 19.8 Å². The second-order valence-electron chi connectivity index (χ2n) is 5.86. The monoisotopic (exact) mass is 384 g/mol. The largest absolute Gasteiger partial charge is 0.487 e. The molecule has 2 heterocycles. The summed E-state index contributed by atoms with van der Waals surface area (Å²) in [5, 5.41) is 9.58. The van der Waals surface area contributed by atoms with E-state index in [1.807, 2.05) is 0 Å². The number of nitrogens with zero attached hydrogens (tertiary/aromatic N) is 2. The van der Waals surface area contributed by atoms with Crippen LogP contribution in [0.1, 0.15) is 21.6 Å². The Morgan fingerprint density at radius 1 is 1.15 bits per heavy atom. The number of rotatable bonds is 7. The van der Waals surface area contributed by atoms with E-state index in [1.165, 1.54) is 23.0 Å². The molecule has 0 fully saturated rings. The second kappa shape index (κ2) is 8.62. The molecule has 0 saturated heterocycles. The fourth-order valence-electron chi connectivity index (χ4n) is 2.40.